The van der Waals surface area contributed by atoms with Crippen LogP contribution in [0.2, 0.25) is 0 Å². The second-order valence-electron chi connectivity index (χ2n) is 5.18. The number of amidine groups is 1. The summed E-state index contributed by atoms with van der Waals surface area (Å²) in [4.78, 5) is 0. The average Bonchev–Trinajstić information content (AvgIpc) is 2.94. The Morgan fingerprint density at radius 3 is 2.74 bits per heavy atom. The van der Waals surface area contributed by atoms with Crippen LogP contribution in [0.1, 0.15) is 36.8 Å². The molecule has 5 heteroatoms. The van der Waals surface area contributed by atoms with Crippen LogP contribution in [0.4, 0.5) is 0 Å². The molecule has 0 heterocycles. The lowest BCUT2D eigenvalue weighted by Gasteiger charge is -2.28. The van der Waals surface area contributed by atoms with Gasteiger partial charge in [-0.3, -0.25) is 0 Å². The fourth-order valence-corrected chi connectivity index (χ4v) is 2.63. The number of nitrogens with zero attached hydrogens (tertiary/aromatic N) is 1. The van der Waals surface area contributed by atoms with Gasteiger partial charge in [0.2, 0.25) is 0 Å². The molecule has 0 spiro atoms. The van der Waals surface area contributed by atoms with Crippen LogP contribution in [0.5, 0.6) is 0 Å². The Bertz CT molecular complexity index is 454. The molecule has 1 aromatic carbocycles. The molecule has 2 rings (SSSR count). The van der Waals surface area contributed by atoms with Crippen molar-refractivity contribution in [1.29, 1.82) is 0 Å². The maximum Gasteiger partial charge on any atom is 0.170 e. The molecule has 0 unspecified atom stereocenters. The molecular formula is C14H21N3O2. The number of hydrogen-bond donors (Lipinski definition) is 4. The van der Waals surface area contributed by atoms with Gasteiger partial charge < -0.3 is 21.4 Å². The lowest BCUT2D eigenvalue weighted by Crippen LogP contribution is -2.45. The molecular weight excluding hydrogens is 242 g/mol. The van der Waals surface area contributed by atoms with Gasteiger partial charge in [0.05, 0.1) is 6.61 Å². The third-order valence-electron chi connectivity index (χ3n) is 3.86. The van der Waals surface area contributed by atoms with E-state index in [2.05, 4.69) is 10.5 Å². The number of benzene rings is 1. The van der Waals surface area contributed by atoms with E-state index in [1.54, 1.807) is 6.07 Å². The van der Waals surface area contributed by atoms with Crippen LogP contribution >= 0.6 is 0 Å². The Balaban J connectivity index is 2.03. The maximum atomic E-state index is 9.54. The molecule has 0 amide bonds. The monoisotopic (exact) mass is 263 g/mol. The second kappa shape index (κ2) is 6.04. The summed E-state index contributed by atoms with van der Waals surface area (Å²) in [6.07, 6.45) is 4.36. The van der Waals surface area contributed by atoms with Gasteiger partial charge in [0.1, 0.15) is 0 Å². The molecule has 1 saturated carbocycles. The Kier molecular flexibility index (Phi) is 4.39. The number of hydrogen-bond acceptors (Lipinski definition) is 4. The van der Waals surface area contributed by atoms with Crippen LogP contribution < -0.4 is 11.1 Å². The molecule has 19 heavy (non-hydrogen) atoms. The highest BCUT2D eigenvalue weighted by atomic mass is 16.4. The van der Waals surface area contributed by atoms with Crippen LogP contribution in [0, 0.1) is 0 Å². The number of aliphatic hydroxyl groups excluding tert-OH is 1. The van der Waals surface area contributed by atoms with E-state index in [1.165, 1.54) is 0 Å². The van der Waals surface area contributed by atoms with E-state index in [0.717, 1.165) is 31.2 Å². The van der Waals surface area contributed by atoms with Crippen LogP contribution in [0.15, 0.2) is 29.4 Å². The van der Waals surface area contributed by atoms with Gasteiger partial charge in [0.25, 0.3) is 0 Å². The number of aliphatic hydroxyl groups is 1. The predicted molar refractivity (Wildman–Crippen MR) is 74.1 cm³/mol. The lowest BCUT2D eigenvalue weighted by molar-refractivity contribution is 0.163. The molecule has 0 bridgehead atoms. The number of rotatable bonds is 5. The third-order valence-corrected chi connectivity index (χ3v) is 3.86. The van der Waals surface area contributed by atoms with Gasteiger partial charge in [-0.15, -0.1) is 0 Å². The molecule has 1 aliphatic rings. The molecule has 1 fully saturated rings. The first-order chi connectivity index (χ1) is 9.19. The van der Waals surface area contributed by atoms with Gasteiger partial charge in [0, 0.05) is 17.6 Å². The lowest BCUT2D eigenvalue weighted by atomic mass is 9.98. The van der Waals surface area contributed by atoms with Crippen molar-refractivity contribution in [1.82, 2.24) is 5.32 Å². The Morgan fingerprint density at radius 2 is 2.11 bits per heavy atom. The smallest absolute Gasteiger partial charge is 0.170 e. The third kappa shape index (κ3) is 3.24. The Morgan fingerprint density at radius 1 is 1.37 bits per heavy atom. The number of oxime groups is 1. The van der Waals surface area contributed by atoms with Gasteiger partial charge in [-0.2, -0.15) is 0 Å². The van der Waals surface area contributed by atoms with Crippen molar-refractivity contribution in [3.05, 3.63) is 35.4 Å². The van der Waals surface area contributed by atoms with Gasteiger partial charge in [-0.05, 0) is 24.5 Å². The van der Waals surface area contributed by atoms with E-state index in [1.807, 2.05) is 18.2 Å². The normalized spacial score (nSPS) is 18.7. The highest BCUT2D eigenvalue weighted by molar-refractivity contribution is 5.97. The SMILES string of the molecule is NC(=NO)c1cccc(CNC2(CO)CCCC2)c1. The summed E-state index contributed by atoms with van der Waals surface area (Å²) in [5.74, 6) is 0.111. The van der Waals surface area contributed by atoms with Crippen LogP contribution in [-0.2, 0) is 6.54 Å². The summed E-state index contributed by atoms with van der Waals surface area (Å²) in [5.41, 5.74) is 7.20. The van der Waals surface area contributed by atoms with Crippen molar-refractivity contribution < 1.29 is 10.3 Å². The first-order valence-electron chi connectivity index (χ1n) is 6.62. The molecule has 104 valence electrons. The first-order valence-corrected chi connectivity index (χ1v) is 6.62. The second-order valence-corrected chi connectivity index (χ2v) is 5.18. The zero-order valence-corrected chi connectivity index (χ0v) is 11.0. The van der Waals surface area contributed by atoms with Crippen LogP contribution in [-0.4, -0.2) is 28.3 Å². The number of nitrogens with one attached hydrogen (secondary N) is 1. The number of nitrogens with two attached hydrogens (primary N) is 1. The van der Waals surface area contributed by atoms with E-state index in [4.69, 9.17) is 10.9 Å². The minimum Gasteiger partial charge on any atom is -0.409 e. The molecule has 0 aliphatic heterocycles. The van der Waals surface area contributed by atoms with Crippen molar-refractivity contribution in [2.45, 2.75) is 37.8 Å². The zero-order valence-electron chi connectivity index (χ0n) is 11.0. The van der Waals surface area contributed by atoms with Crippen LogP contribution in [0.3, 0.4) is 0 Å². The van der Waals surface area contributed by atoms with Crippen molar-refractivity contribution in [3.8, 4) is 0 Å². The standard InChI is InChI=1S/C14H21N3O2/c15-13(17-19)12-5-3-4-11(8-12)9-16-14(10-18)6-1-2-7-14/h3-5,8,16,18-19H,1-2,6-7,9-10H2,(H2,15,17). The molecule has 5 nitrogen and oxygen atoms in total. The van der Waals surface area contributed by atoms with E-state index in [-0.39, 0.29) is 18.0 Å². The Labute approximate surface area is 113 Å². The summed E-state index contributed by atoms with van der Waals surface area (Å²) in [6.45, 7) is 0.847. The van der Waals surface area contributed by atoms with E-state index >= 15 is 0 Å². The largest absolute Gasteiger partial charge is 0.409 e. The fourth-order valence-electron chi connectivity index (χ4n) is 2.63. The highest BCUT2D eigenvalue weighted by Crippen LogP contribution is 2.29. The maximum absolute atomic E-state index is 9.54. The van der Waals surface area contributed by atoms with Crippen molar-refractivity contribution in [3.63, 3.8) is 0 Å². The zero-order chi connectivity index (χ0) is 13.7. The minimum absolute atomic E-state index is 0.111. The fraction of sp³-hybridized carbons (Fsp3) is 0.500. The summed E-state index contributed by atoms with van der Waals surface area (Å²) in [7, 11) is 0. The molecule has 1 aromatic rings. The van der Waals surface area contributed by atoms with E-state index < -0.39 is 0 Å². The summed E-state index contributed by atoms with van der Waals surface area (Å²) >= 11 is 0. The summed E-state index contributed by atoms with van der Waals surface area (Å²) in [6, 6.07) is 7.56. The highest BCUT2D eigenvalue weighted by Gasteiger charge is 2.32. The molecule has 0 aromatic heterocycles. The predicted octanol–water partition coefficient (Wildman–Crippen LogP) is 1.18. The van der Waals surface area contributed by atoms with Crippen molar-refractivity contribution >= 4 is 5.84 Å². The molecule has 0 saturated heterocycles. The van der Waals surface area contributed by atoms with Gasteiger partial charge >= 0.3 is 0 Å². The molecule has 0 atom stereocenters. The molecule has 1 aliphatic carbocycles. The first kappa shape index (κ1) is 13.8. The average molecular weight is 263 g/mol. The minimum atomic E-state index is -0.132. The van der Waals surface area contributed by atoms with E-state index in [0.29, 0.717) is 12.1 Å². The summed E-state index contributed by atoms with van der Waals surface area (Å²) in [5, 5.41) is 24.7. The summed E-state index contributed by atoms with van der Waals surface area (Å²) < 4.78 is 0. The Hall–Kier alpha value is -1.59. The van der Waals surface area contributed by atoms with Crippen molar-refractivity contribution in [2.24, 2.45) is 10.9 Å². The molecule has 0 radical (unpaired) electrons. The topological polar surface area (TPSA) is 90.9 Å². The molecule has 5 N–H and O–H groups in total. The van der Waals surface area contributed by atoms with Gasteiger partial charge in [-0.25, -0.2) is 0 Å². The van der Waals surface area contributed by atoms with E-state index in [9.17, 15) is 5.11 Å². The van der Waals surface area contributed by atoms with Gasteiger partial charge in [0.15, 0.2) is 5.84 Å². The quantitative estimate of drug-likeness (QED) is 0.278. The van der Waals surface area contributed by atoms with Gasteiger partial charge in [-0.1, -0.05) is 36.2 Å². The van der Waals surface area contributed by atoms with Crippen molar-refractivity contribution in [2.75, 3.05) is 6.61 Å². The van der Waals surface area contributed by atoms with Crippen LogP contribution in [0.25, 0.3) is 0 Å².